The highest BCUT2D eigenvalue weighted by atomic mass is 16.3. The van der Waals surface area contributed by atoms with Gasteiger partial charge in [-0.25, -0.2) is 0 Å². The number of amides is 1. The average Bonchev–Trinajstić information content (AvgIpc) is 2.81. The van der Waals surface area contributed by atoms with E-state index in [2.05, 4.69) is 10.6 Å². The van der Waals surface area contributed by atoms with Crippen molar-refractivity contribution < 1.29 is 9.90 Å². The van der Waals surface area contributed by atoms with Gasteiger partial charge in [-0.3, -0.25) is 4.79 Å². The Bertz CT molecular complexity index is 215. The predicted octanol–water partition coefficient (Wildman–Crippen LogP) is 1.04. The Kier molecular flexibility index (Phi) is 7.21. The summed E-state index contributed by atoms with van der Waals surface area (Å²) < 4.78 is 0. The molecule has 1 aliphatic rings. The molecule has 0 spiro atoms. The average molecular weight is 242 g/mol. The zero-order valence-corrected chi connectivity index (χ0v) is 10.9. The minimum absolute atomic E-state index is 0.118. The largest absolute Gasteiger partial charge is 0.396 e. The van der Waals surface area contributed by atoms with Crippen molar-refractivity contribution in [3.8, 4) is 0 Å². The maximum absolute atomic E-state index is 11.5. The van der Waals surface area contributed by atoms with Gasteiger partial charge >= 0.3 is 0 Å². The van der Waals surface area contributed by atoms with Gasteiger partial charge in [0.15, 0.2) is 0 Å². The van der Waals surface area contributed by atoms with E-state index >= 15 is 0 Å². The molecule has 0 aromatic heterocycles. The summed E-state index contributed by atoms with van der Waals surface area (Å²) in [5.41, 5.74) is 0. The molecule has 1 saturated carbocycles. The first-order chi connectivity index (χ1) is 8.22. The third-order valence-corrected chi connectivity index (χ3v) is 3.37. The minimum atomic E-state index is 0.118. The molecule has 3 N–H and O–H groups in total. The van der Waals surface area contributed by atoms with Gasteiger partial charge in [-0.15, -0.1) is 0 Å². The molecule has 4 nitrogen and oxygen atoms in total. The van der Waals surface area contributed by atoms with E-state index in [9.17, 15) is 4.79 Å². The molecule has 1 amide bonds. The van der Waals surface area contributed by atoms with E-state index in [4.69, 9.17) is 5.11 Å². The molecule has 1 rings (SSSR count). The number of carbonyl (C=O) groups excluding carboxylic acids is 1. The molecule has 1 unspecified atom stereocenters. The summed E-state index contributed by atoms with van der Waals surface area (Å²) in [5, 5.41) is 15.0. The molecule has 1 aliphatic carbocycles. The van der Waals surface area contributed by atoms with Gasteiger partial charge in [0.05, 0.1) is 6.54 Å². The summed E-state index contributed by atoms with van der Waals surface area (Å²) in [6.07, 6.45) is 6.79. The van der Waals surface area contributed by atoms with E-state index in [-0.39, 0.29) is 12.5 Å². The molecule has 1 atom stereocenters. The summed E-state index contributed by atoms with van der Waals surface area (Å²) in [5.74, 6) is 0.483. The second-order valence-electron chi connectivity index (χ2n) is 5.16. The van der Waals surface area contributed by atoms with E-state index in [0.29, 0.717) is 18.5 Å². The molecule has 0 bridgehead atoms. The lowest BCUT2D eigenvalue weighted by Crippen LogP contribution is -2.39. The highest BCUT2D eigenvalue weighted by Gasteiger charge is 2.16. The lowest BCUT2D eigenvalue weighted by Gasteiger charge is -2.12. The molecular weight excluding hydrogens is 216 g/mol. The van der Waals surface area contributed by atoms with Crippen LogP contribution in [0, 0.1) is 5.92 Å². The summed E-state index contributed by atoms with van der Waals surface area (Å²) in [6, 6.07) is 0.415. The number of rotatable bonds is 8. The Morgan fingerprint density at radius 2 is 2.12 bits per heavy atom. The van der Waals surface area contributed by atoms with Gasteiger partial charge in [0, 0.05) is 12.6 Å². The highest BCUT2D eigenvalue weighted by molar-refractivity contribution is 5.78. The molecule has 0 aromatic carbocycles. The summed E-state index contributed by atoms with van der Waals surface area (Å²) in [7, 11) is 0. The quantitative estimate of drug-likeness (QED) is 0.557. The van der Waals surface area contributed by atoms with Crippen LogP contribution in [-0.2, 0) is 4.79 Å². The number of hydrogen-bond acceptors (Lipinski definition) is 3. The molecule has 0 radical (unpaired) electrons. The van der Waals surface area contributed by atoms with E-state index in [0.717, 1.165) is 32.2 Å². The third-order valence-electron chi connectivity index (χ3n) is 3.37. The molecule has 17 heavy (non-hydrogen) atoms. The number of aliphatic hydroxyl groups is 1. The Labute approximate surface area is 104 Å². The molecule has 0 saturated heterocycles. The van der Waals surface area contributed by atoms with Crippen LogP contribution in [0.2, 0.25) is 0 Å². The first kappa shape index (κ1) is 14.5. The first-order valence-corrected chi connectivity index (χ1v) is 6.83. The Hall–Kier alpha value is -0.610. The molecule has 0 heterocycles. The molecule has 4 heteroatoms. The smallest absolute Gasteiger partial charge is 0.234 e. The fourth-order valence-corrected chi connectivity index (χ4v) is 2.22. The van der Waals surface area contributed by atoms with Crippen LogP contribution in [0.5, 0.6) is 0 Å². The summed E-state index contributed by atoms with van der Waals surface area (Å²) >= 11 is 0. The monoisotopic (exact) mass is 242 g/mol. The van der Waals surface area contributed by atoms with Crippen LogP contribution in [0.3, 0.4) is 0 Å². The number of nitrogens with one attached hydrogen (secondary N) is 2. The third kappa shape index (κ3) is 6.64. The van der Waals surface area contributed by atoms with Crippen molar-refractivity contribution >= 4 is 5.91 Å². The van der Waals surface area contributed by atoms with E-state index < -0.39 is 0 Å². The van der Waals surface area contributed by atoms with Crippen LogP contribution in [-0.4, -0.2) is 36.8 Å². The van der Waals surface area contributed by atoms with E-state index in [1.165, 1.54) is 12.8 Å². The highest BCUT2D eigenvalue weighted by Crippen LogP contribution is 2.17. The lowest BCUT2D eigenvalue weighted by atomic mass is 10.1. The van der Waals surface area contributed by atoms with Gasteiger partial charge in [0.25, 0.3) is 0 Å². The van der Waals surface area contributed by atoms with Crippen molar-refractivity contribution in [1.29, 1.82) is 0 Å². The van der Waals surface area contributed by atoms with Crippen molar-refractivity contribution in [1.82, 2.24) is 10.6 Å². The second-order valence-corrected chi connectivity index (χ2v) is 5.16. The van der Waals surface area contributed by atoms with Crippen LogP contribution in [0.1, 0.15) is 45.4 Å². The predicted molar refractivity (Wildman–Crippen MR) is 68.8 cm³/mol. The van der Waals surface area contributed by atoms with Crippen molar-refractivity contribution in [2.24, 2.45) is 5.92 Å². The van der Waals surface area contributed by atoms with Gasteiger partial charge < -0.3 is 15.7 Å². The fraction of sp³-hybridized carbons (Fsp3) is 0.923. The summed E-state index contributed by atoms with van der Waals surface area (Å²) in [4.78, 5) is 11.5. The van der Waals surface area contributed by atoms with Crippen LogP contribution < -0.4 is 10.6 Å². The second kappa shape index (κ2) is 8.48. The molecular formula is C13H26N2O2. The molecule has 100 valence electrons. The van der Waals surface area contributed by atoms with Crippen LogP contribution in [0.4, 0.5) is 0 Å². The Morgan fingerprint density at radius 3 is 2.76 bits per heavy atom. The number of aliphatic hydroxyl groups excluding tert-OH is 1. The van der Waals surface area contributed by atoms with Gasteiger partial charge in [-0.1, -0.05) is 19.8 Å². The Balaban J connectivity index is 1.93. The lowest BCUT2D eigenvalue weighted by molar-refractivity contribution is -0.120. The first-order valence-electron chi connectivity index (χ1n) is 6.83. The van der Waals surface area contributed by atoms with Crippen LogP contribution in [0.25, 0.3) is 0 Å². The van der Waals surface area contributed by atoms with Gasteiger partial charge in [0.1, 0.15) is 0 Å². The molecule has 0 aromatic rings. The number of hydrogen-bond donors (Lipinski definition) is 3. The molecule has 1 fully saturated rings. The van der Waals surface area contributed by atoms with Crippen molar-refractivity contribution in [2.75, 3.05) is 19.7 Å². The van der Waals surface area contributed by atoms with Gasteiger partial charge in [-0.05, 0) is 38.1 Å². The Morgan fingerprint density at radius 1 is 1.41 bits per heavy atom. The van der Waals surface area contributed by atoms with E-state index in [1.807, 2.05) is 6.92 Å². The minimum Gasteiger partial charge on any atom is -0.396 e. The van der Waals surface area contributed by atoms with Crippen molar-refractivity contribution in [3.05, 3.63) is 0 Å². The van der Waals surface area contributed by atoms with Gasteiger partial charge in [-0.2, -0.15) is 0 Å². The summed E-state index contributed by atoms with van der Waals surface area (Å²) in [6.45, 7) is 3.56. The topological polar surface area (TPSA) is 61.4 Å². The van der Waals surface area contributed by atoms with Crippen LogP contribution in [0.15, 0.2) is 0 Å². The van der Waals surface area contributed by atoms with Crippen LogP contribution >= 0.6 is 0 Å². The molecule has 0 aliphatic heterocycles. The zero-order valence-electron chi connectivity index (χ0n) is 10.9. The van der Waals surface area contributed by atoms with E-state index in [1.54, 1.807) is 0 Å². The van der Waals surface area contributed by atoms with Crippen molar-refractivity contribution in [2.45, 2.75) is 51.5 Å². The standard InChI is InChI=1S/C13H26N2O2/c1-11(10-16)5-4-8-14-9-13(17)15-12-6-2-3-7-12/h11-12,14,16H,2-10H2,1H3,(H,15,17). The van der Waals surface area contributed by atoms with Crippen molar-refractivity contribution in [3.63, 3.8) is 0 Å². The fourth-order valence-electron chi connectivity index (χ4n) is 2.22. The maximum Gasteiger partial charge on any atom is 0.234 e. The normalized spacial score (nSPS) is 18.2. The SMILES string of the molecule is CC(CO)CCCNCC(=O)NC1CCCC1. The zero-order chi connectivity index (χ0) is 12.5. The number of carbonyl (C=O) groups is 1. The van der Waals surface area contributed by atoms with Gasteiger partial charge in [0.2, 0.25) is 5.91 Å². The maximum atomic E-state index is 11.5.